The van der Waals surface area contributed by atoms with Gasteiger partial charge in [-0.15, -0.1) is 0 Å². The topological polar surface area (TPSA) is 29.1 Å². The summed E-state index contributed by atoms with van der Waals surface area (Å²) in [5.74, 6) is -0.0154. The van der Waals surface area contributed by atoms with E-state index in [1.807, 2.05) is 11.8 Å². The van der Waals surface area contributed by atoms with Gasteiger partial charge >= 0.3 is 0 Å². The maximum Gasteiger partial charge on any atom is 0.251 e. The van der Waals surface area contributed by atoms with Crippen LogP contribution in [0.5, 0.6) is 0 Å². The molecule has 0 aromatic heterocycles. The van der Waals surface area contributed by atoms with Crippen LogP contribution in [0.25, 0.3) is 0 Å². The molecule has 1 fully saturated rings. The highest BCUT2D eigenvalue weighted by atomic mass is 79.9. The van der Waals surface area contributed by atoms with Crippen LogP contribution in [0.4, 0.5) is 0 Å². The molecule has 0 saturated heterocycles. The second-order valence-corrected chi connectivity index (χ2v) is 6.75. The van der Waals surface area contributed by atoms with Crippen molar-refractivity contribution in [3.05, 3.63) is 33.3 Å². The van der Waals surface area contributed by atoms with Gasteiger partial charge in [-0.2, -0.15) is 11.8 Å². The summed E-state index contributed by atoms with van der Waals surface area (Å²) >= 11 is 11.1. The lowest BCUT2D eigenvalue weighted by atomic mass is 10.2. The van der Waals surface area contributed by atoms with Gasteiger partial charge in [0.2, 0.25) is 0 Å². The number of thioether (sulfide) groups is 1. The molecule has 1 aliphatic rings. The second kappa shape index (κ2) is 6.31. The number of hydrogen-bond acceptors (Lipinski definition) is 2. The Balaban J connectivity index is 2.05. The number of hydrogen-bond donors (Lipinski definition) is 1. The van der Waals surface area contributed by atoms with Gasteiger partial charge in [-0.05, 0) is 53.2 Å². The summed E-state index contributed by atoms with van der Waals surface area (Å²) < 4.78 is 0.754. The average Bonchev–Trinajstić information content (AvgIpc) is 2.79. The van der Waals surface area contributed by atoms with E-state index in [1.165, 1.54) is 12.8 Å². The van der Waals surface area contributed by atoms with Gasteiger partial charge in [0.05, 0.1) is 5.02 Å². The number of carbonyl (C=O) groups excluding carboxylic acids is 1. The van der Waals surface area contributed by atoms with Crippen molar-refractivity contribution in [2.24, 2.45) is 0 Å². The summed E-state index contributed by atoms with van der Waals surface area (Å²) in [5, 5.41) is 4.28. The quantitative estimate of drug-likeness (QED) is 0.890. The zero-order valence-corrected chi connectivity index (χ0v) is 13.2. The van der Waals surface area contributed by atoms with E-state index < -0.39 is 0 Å². The van der Waals surface area contributed by atoms with Crippen LogP contribution in [0.1, 0.15) is 29.6 Å². The third-order valence-corrected chi connectivity index (χ3v) is 5.64. The van der Waals surface area contributed by atoms with E-state index in [4.69, 9.17) is 11.6 Å². The molecule has 98 valence electrons. The lowest BCUT2D eigenvalue weighted by Gasteiger charge is -2.19. The third-order valence-electron chi connectivity index (χ3n) is 3.25. The zero-order valence-electron chi connectivity index (χ0n) is 10.1. The van der Waals surface area contributed by atoms with Gasteiger partial charge in [0.25, 0.3) is 5.91 Å². The van der Waals surface area contributed by atoms with Crippen LogP contribution in [0.2, 0.25) is 5.02 Å². The van der Waals surface area contributed by atoms with E-state index >= 15 is 0 Å². The molecule has 2 unspecified atom stereocenters. The van der Waals surface area contributed by atoms with Crippen molar-refractivity contribution in [1.82, 2.24) is 5.32 Å². The maximum atomic E-state index is 12.1. The fraction of sp³-hybridized carbons (Fsp3) is 0.462. The summed E-state index contributed by atoms with van der Waals surface area (Å²) in [7, 11) is 0. The molecule has 2 nitrogen and oxygen atoms in total. The molecule has 0 aliphatic heterocycles. The molecule has 2 rings (SSSR count). The van der Waals surface area contributed by atoms with Crippen LogP contribution in [-0.2, 0) is 0 Å². The average molecular weight is 349 g/mol. The Morgan fingerprint density at radius 1 is 1.50 bits per heavy atom. The largest absolute Gasteiger partial charge is 0.348 e. The lowest BCUT2D eigenvalue weighted by molar-refractivity contribution is 0.0938. The molecule has 1 aliphatic carbocycles. The summed E-state index contributed by atoms with van der Waals surface area (Å²) in [6.07, 6.45) is 5.57. The molecule has 5 heteroatoms. The van der Waals surface area contributed by atoms with Crippen molar-refractivity contribution >= 4 is 45.2 Å². The van der Waals surface area contributed by atoms with Gasteiger partial charge in [0, 0.05) is 21.3 Å². The normalized spacial score (nSPS) is 23.1. The summed E-state index contributed by atoms with van der Waals surface area (Å²) in [6, 6.07) is 5.55. The van der Waals surface area contributed by atoms with Crippen LogP contribution in [0, 0.1) is 0 Å². The first-order chi connectivity index (χ1) is 8.61. The fourth-order valence-electron chi connectivity index (χ4n) is 2.26. The Bertz CT molecular complexity index is 455. The predicted molar refractivity (Wildman–Crippen MR) is 81.6 cm³/mol. The fourth-order valence-corrected chi connectivity index (χ4v) is 3.69. The highest BCUT2D eigenvalue weighted by molar-refractivity contribution is 9.10. The predicted octanol–water partition coefficient (Wildman–Crippen LogP) is 4.12. The van der Waals surface area contributed by atoms with Gasteiger partial charge in [-0.25, -0.2) is 0 Å². The van der Waals surface area contributed by atoms with E-state index in [1.54, 1.807) is 18.2 Å². The Kier molecular flexibility index (Phi) is 4.98. The highest BCUT2D eigenvalue weighted by Gasteiger charge is 2.27. The molecule has 0 spiro atoms. The van der Waals surface area contributed by atoms with Crippen molar-refractivity contribution < 1.29 is 4.79 Å². The molecule has 1 amide bonds. The van der Waals surface area contributed by atoms with Crippen LogP contribution in [0.3, 0.4) is 0 Å². The van der Waals surface area contributed by atoms with Crippen molar-refractivity contribution in [3.63, 3.8) is 0 Å². The van der Waals surface area contributed by atoms with Crippen molar-refractivity contribution in [2.75, 3.05) is 6.26 Å². The van der Waals surface area contributed by atoms with Crippen LogP contribution >= 0.6 is 39.3 Å². The Labute approximate surface area is 125 Å². The van der Waals surface area contributed by atoms with Crippen molar-refractivity contribution in [3.8, 4) is 0 Å². The number of amides is 1. The first-order valence-corrected chi connectivity index (χ1v) is 8.36. The van der Waals surface area contributed by atoms with Crippen LogP contribution in [-0.4, -0.2) is 23.5 Å². The maximum absolute atomic E-state index is 12.1. The number of benzene rings is 1. The number of halogens is 2. The molecule has 1 aromatic carbocycles. The Morgan fingerprint density at radius 3 is 2.94 bits per heavy atom. The smallest absolute Gasteiger partial charge is 0.251 e. The first-order valence-electron chi connectivity index (χ1n) is 5.90. The number of rotatable bonds is 3. The zero-order chi connectivity index (χ0) is 13.1. The van der Waals surface area contributed by atoms with E-state index in [2.05, 4.69) is 27.5 Å². The minimum absolute atomic E-state index is 0.0154. The summed E-state index contributed by atoms with van der Waals surface area (Å²) in [4.78, 5) is 12.1. The van der Waals surface area contributed by atoms with E-state index in [-0.39, 0.29) is 5.91 Å². The summed E-state index contributed by atoms with van der Waals surface area (Å²) in [6.45, 7) is 0. The summed E-state index contributed by atoms with van der Waals surface area (Å²) in [5.41, 5.74) is 0.651. The molecule has 2 atom stereocenters. The standard InChI is InChI=1S/C13H15BrClNOS/c1-18-12-4-2-3-11(12)16-13(17)8-5-6-10(15)9(14)7-8/h5-7,11-12H,2-4H2,1H3,(H,16,17). The van der Waals surface area contributed by atoms with E-state index in [0.29, 0.717) is 21.9 Å². The molecular formula is C13H15BrClNOS. The van der Waals surface area contributed by atoms with E-state index in [0.717, 1.165) is 10.9 Å². The minimum atomic E-state index is -0.0154. The van der Waals surface area contributed by atoms with Crippen LogP contribution in [0.15, 0.2) is 22.7 Å². The third kappa shape index (κ3) is 3.22. The minimum Gasteiger partial charge on any atom is -0.348 e. The Morgan fingerprint density at radius 2 is 2.28 bits per heavy atom. The molecule has 18 heavy (non-hydrogen) atoms. The molecule has 1 N–H and O–H groups in total. The first kappa shape index (κ1) is 14.2. The van der Waals surface area contributed by atoms with Crippen LogP contribution < -0.4 is 5.32 Å². The van der Waals surface area contributed by atoms with Gasteiger partial charge in [-0.1, -0.05) is 18.0 Å². The van der Waals surface area contributed by atoms with Crippen molar-refractivity contribution in [2.45, 2.75) is 30.6 Å². The monoisotopic (exact) mass is 347 g/mol. The van der Waals surface area contributed by atoms with Gasteiger partial charge in [-0.3, -0.25) is 4.79 Å². The molecule has 1 saturated carbocycles. The lowest BCUT2D eigenvalue weighted by Crippen LogP contribution is -2.38. The van der Waals surface area contributed by atoms with Gasteiger partial charge in [0.15, 0.2) is 0 Å². The van der Waals surface area contributed by atoms with E-state index in [9.17, 15) is 4.79 Å². The Hall–Kier alpha value is -0.190. The molecule has 0 bridgehead atoms. The van der Waals surface area contributed by atoms with Gasteiger partial charge in [0.1, 0.15) is 0 Å². The number of nitrogens with one attached hydrogen (secondary N) is 1. The molecule has 1 aromatic rings. The molecule has 0 heterocycles. The SMILES string of the molecule is CSC1CCCC1NC(=O)c1ccc(Cl)c(Br)c1. The second-order valence-electron chi connectivity index (χ2n) is 4.41. The van der Waals surface area contributed by atoms with Crippen molar-refractivity contribution in [1.29, 1.82) is 0 Å². The number of carbonyl (C=O) groups is 1. The molecule has 0 radical (unpaired) electrons. The highest BCUT2D eigenvalue weighted by Crippen LogP contribution is 2.29. The molecular weight excluding hydrogens is 334 g/mol. The van der Waals surface area contributed by atoms with Gasteiger partial charge < -0.3 is 5.32 Å².